The summed E-state index contributed by atoms with van der Waals surface area (Å²) in [6, 6.07) is 11.7. The molecule has 2 aliphatic heterocycles. The molecule has 5 nitrogen and oxygen atoms in total. The summed E-state index contributed by atoms with van der Waals surface area (Å²) in [5.74, 6) is 2.00. The molecule has 0 saturated carbocycles. The molecule has 158 valence electrons. The Bertz CT molecular complexity index is 610. The average molecular weight is 500 g/mol. The second-order valence-corrected chi connectivity index (χ2v) is 8.33. The Labute approximate surface area is 187 Å². The van der Waals surface area contributed by atoms with Gasteiger partial charge in [0.1, 0.15) is 0 Å². The fourth-order valence-electron chi connectivity index (χ4n) is 4.28. The van der Waals surface area contributed by atoms with Crippen LogP contribution in [0.5, 0.6) is 0 Å². The zero-order valence-electron chi connectivity index (χ0n) is 17.7. The van der Waals surface area contributed by atoms with Crippen LogP contribution in [0.1, 0.15) is 45.3 Å². The van der Waals surface area contributed by atoms with Crippen LogP contribution in [0, 0.1) is 11.8 Å². The molecule has 2 fully saturated rings. The van der Waals surface area contributed by atoms with Crippen LogP contribution in [-0.4, -0.2) is 56.2 Å². The second-order valence-electron chi connectivity index (χ2n) is 8.33. The summed E-state index contributed by atoms with van der Waals surface area (Å²) in [7, 11) is 1.86. The Morgan fingerprint density at radius 3 is 2.64 bits per heavy atom. The number of hydrogen-bond acceptors (Lipinski definition) is 3. The Kier molecular flexibility index (Phi) is 9.50. The molecule has 0 aliphatic carbocycles. The number of ether oxygens (including phenoxy) is 1. The van der Waals surface area contributed by atoms with Gasteiger partial charge in [-0.2, -0.15) is 0 Å². The number of rotatable bonds is 5. The number of hydrogen-bond donors (Lipinski definition) is 2. The van der Waals surface area contributed by atoms with Gasteiger partial charge in [0.25, 0.3) is 0 Å². The minimum absolute atomic E-state index is 0. The van der Waals surface area contributed by atoms with E-state index in [0.29, 0.717) is 23.9 Å². The Balaban J connectivity index is 0.00000280. The molecule has 0 spiro atoms. The van der Waals surface area contributed by atoms with Gasteiger partial charge in [-0.3, -0.25) is 9.89 Å². The lowest BCUT2D eigenvalue weighted by Crippen LogP contribution is -2.48. The van der Waals surface area contributed by atoms with Crippen molar-refractivity contribution in [3.05, 3.63) is 35.9 Å². The third-order valence-electron chi connectivity index (χ3n) is 6.02. The molecule has 28 heavy (non-hydrogen) atoms. The van der Waals surface area contributed by atoms with Crippen molar-refractivity contribution in [2.24, 2.45) is 16.8 Å². The Morgan fingerprint density at radius 1 is 1.25 bits per heavy atom. The van der Waals surface area contributed by atoms with Crippen molar-refractivity contribution in [1.29, 1.82) is 0 Å². The summed E-state index contributed by atoms with van der Waals surface area (Å²) >= 11 is 0. The Morgan fingerprint density at radius 2 is 2.00 bits per heavy atom. The van der Waals surface area contributed by atoms with E-state index in [1.807, 2.05) is 7.05 Å². The van der Waals surface area contributed by atoms with E-state index in [1.54, 1.807) is 0 Å². The van der Waals surface area contributed by atoms with Crippen LogP contribution in [0.25, 0.3) is 0 Å². The van der Waals surface area contributed by atoms with Crippen molar-refractivity contribution in [2.45, 2.75) is 51.8 Å². The van der Waals surface area contributed by atoms with Crippen LogP contribution in [-0.2, 0) is 4.74 Å². The van der Waals surface area contributed by atoms with Gasteiger partial charge >= 0.3 is 0 Å². The van der Waals surface area contributed by atoms with Gasteiger partial charge in [0.2, 0.25) is 0 Å². The molecule has 3 rings (SSSR count). The summed E-state index contributed by atoms with van der Waals surface area (Å²) in [5, 5.41) is 7.22. The van der Waals surface area contributed by atoms with Crippen LogP contribution < -0.4 is 10.6 Å². The minimum atomic E-state index is 0. The van der Waals surface area contributed by atoms with E-state index in [2.05, 4.69) is 71.6 Å². The van der Waals surface area contributed by atoms with Crippen LogP contribution in [0.3, 0.4) is 0 Å². The molecule has 2 N–H and O–H groups in total. The van der Waals surface area contributed by atoms with Gasteiger partial charge < -0.3 is 15.4 Å². The van der Waals surface area contributed by atoms with Crippen LogP contribution in [0.15, 0.2) is 35.3 Å². The van der Waals surface area contributed by atoms with E-state index in [9.17, 15) is 0 Å². The van der Waals surface area contributed by atoms with E-state index in [4.69, 9.17) is 4.74 Å². The number of aliphatic imine (C=N–C) groups is 1. The smallest absolute Gasteiger partial charge is 0.191 e. The van der Waals surface area contributed by atoms with E-state index in [-0.39, 0.29) is 30.1 Å². The van der Waals surface area contributed by atoms with Crippen molar-refractivity contribution in [3.63, 3.8) is 0 Å². The lowest BCUT2D eigenvalue weighted by Gasteiger charge is -2.33. The first-order valence-corrected chi connectivity index (χ1v) is 10.5. The number of guanidine groups is 1. The lowest BCUT2D eigenvalue weighted by molar-refractivity contribution is -0.0265. The van der Waals surface area contributed by atoms with E-state index < -0.39 is 0 Å². The quantitative estimate of drug-likeness (QED) is 0.368. The number of nitrogens with zero attached hydrogens (tertiary/aromatic N) is 2. The molecule has 0 radical (unpaired) electrons. The monoisotopic (exact) mass is 500 g/mol. The molecule has 4 unspecified atom stereocenters. The maximum absolute atomic E-state index is 6.13. The molecule has 2 heterocycles. The van der Waals surface area contributed by atoms with Gasteiger partial charge in [0.05, 0.1) is 6.10 Å². The lowest BCUT2D eigenvalue weighted by atomic mass is 9.89. The summed E-state index contributed by atoms with van der Waals surface area (Å²) in [4.78, 5) is 7.01. The number of nitrogens with one attached hydrogen (secondary N) is 2. The standard InChI is InChI=1S/C22H36N4O.HI/c1-16(2)26-14-17(3)20(15-26)25-22(23-4)24-13-19-11-8-12-27-21(19)18-9-6-5-7-10-18;/h5-7,9-10,16-17,19-21H,8,11-15H2,1-4H3,(H2,23,24,25);1H. The van der Waals surface area contributed by atoms with E-state index >= 15 is 0 Å². The molecule has 1 aromatic carbocycles. The highest BCUT2D eigenvalue weighted by atomic mass is 127. The number of benzene rings is 1. The van der Waals surface area contributed by atoms with Crippen molar-refractivity contribution in [3.8, 4) is 0 Å². The van der Waals surface area contributed by atoms with E-state index in [0.717, 1.165) is 38.6 Å². The van der Waals surface area contributed by atoms with Gasteiger partial charge in [0, 0.05) is 51.3 Å². The van der Waals surface area contributed by atoms with Crippen LogP contribution in [0.2, 0.25) is 0 Å². The third kappa shape index (κ3) is 6.07. The van der Waals surface area contributed by atoms with Gasteiger partial charge in [0.15, 0.2) is 5.96 Å². The van der Waals surface area contributed by atoms with E-state index in [1.165, 1.54) is 12.0 Å². The van der Waals surface area contributed by atoms with Crippen molar-refractivity contribution >= 4 is 29.9 Å². The topological polar surface area (TPSA) is 48.9 Å². The Hall–Kier alpha value is -0.860. The van der Waals surface area contributed by atoms with Crippen molar-refractivity contribution < 1.29 is 4.74 Å². The maximum Gasteiger partial charge on any atom is 0.191 e. The molecule has 2 saturated heterocycles. The third-order valence-corrected chi connectivity index (χ3v) is 6.02. The summed E-state index contributed by atoms with van der Waals surface area (Å²) in [6.45, 7) is 10.8. The van der Waals surface area contributed by atoms with Crippen LogP contribution >= 0.6 is 24.0 Å². The van der Waals surface area contributed by atoms with Crippen LogP contribution in [0.4, 0.5) is 0 Å². The SMILES string of the molecule is CN=C(NCC1CCCOC1c1ccccc1)NC1CN(C(C)C)CC1C.I. The molecular formula is C22H37IN4O. The van der Waals surface area contributed by atoms with Crippen molar-refractivity contribution in [1.82, 2.24) is 15.5 Å². The highest BCUT2D eigenvalue weighted by molar-refractivity contribution is 14.0. The first-order chi connectivity index (χ1) is 13.1. The van der Waals surface area contributed by atoms with Crippen molar-refractivity contribution in [2.75, 3.05) is 33.3 Å². The maximum atomic E-state index is 6.13. The first kappa shape index (κ1) is 23.4. The summed E-state index contributed by atoms with van der Waals surface area (Å²) < 4.78 is 6.13. The van der Waals surface area contributed by atoms with Gasteiger partial charge in [-0.15, -0.1) is 24.0 Å². The minimum Gasteiger partial charge on any atom is -0.373 e. The predicted molar refractivity (Wildman–Crippen MR) is 127 cm³/mol. The number of likely N-dealkylation sites (tertiary alicyclic amines) is 1. The normalized spacial score (nSPS) is 28.8. The van der Waals surface area contributed by atoms with Gasteiger partial charge in [-0.05, 0) is 38.2 Å². The summed E-state index contributed by atoms with van der Waals surface area (Å²) in [5.41, 5.74) is 1.28. The molecular weight excluding hydrogens is 463 g/mol. The largest absolute Gasteiger partial charge is 0.373 e. The molecule has 0 bridgehead atoms. The molecule has 4 atom stereocenters. The first-order valence-electron chi connectivity index (χ1n) is 10.5. The zero-order chi connectivity index (χ0) is 19.2. The molecule has 6 heteroatoms. The highest BCUT2D eigenvalue weighted by Gasteiger charge is 2.32. The fourth-order valence-corrected chi connectivity index (χ4v) is 4.28. The highest BCUT2D eigenvalue weighted by Crippen LogP contribution is 2.33. The summed E-state index contributed by atoms with van der Waals surface area (Å²) in [6.07, 6.45) is 2.49. The fraction of sp³-hybridized carbons (Fsp3) is 0.682. The molecule has 0 amide bonds. The second kappa shape index (κ2) is 11.4. The average Bonchev–Trinajstić information content (AvgIpc) is 3.07. The van der Waals surface area contributed by atoms with Gasteiger partial charge in [-0.1, -0.05) is 37.3 Å². The predicted octanol–water partition coefficient (Wildman–Crippen LogP) is 3.67. The zero-order valence-corrected chi connectivity index (χ0v) is 20.1. The molecule has 0 aromatic heterocycles. The number of halogens is 1. The van der Waals surface area contributed by atoms with Gasteiger partial charge in [-0.25, -0.2) is 0 Å². The molecule has 2 aliphatic rings. The molecule has 1 aromatic rings.